The van der Waals surface area contributed by atoms with Gasteiger partial charge in [-0.3, -0.25) is 19.3 Å². The third-order valence-corrected chi connectivity index (χ3v) is 5.98. The van der Waals surface area contributed by atoms with Gasteiger partial charge in [-0.15, -0.1) is 0 Å². The molecule has 0 atom stereocenters. The molecule has 0 saturated carbocycles. The lowest BCUT2D eigenvalue weighted by Gasteiger charge is -2.27. The number of methoxy groups -OCH3 is 1. The molecule has 7 nitrogen and oxygen atoms in total. The van der Waals surface area contributed by atoms with Crippen molar-refractivity contribution >= 4 is 46.5 Å². The molecule has 2 aliphatic heterocycles. The van der Waals surface area contributed by atoms with Gasteiger partial charge in [-0.25, -0.2) is 0 Å². The molecule has 1 aromatic carbocycles. The average molecular weight is 439 g/mol. The van der Waals surface area contributed by atoms with Crippen LogP contribution in [0.5, 0.6) is 11.5 Å². The maximum absolute atomic E-state index is 12.7. The molecule has 0 aliphatic carbocycles. The highest BCUT2D eigenvalue weighted by molar-refractivity contribution is 8.18. The van der Waals surface area contributed by atoms with Crippen LogP contribution in [-0.4, -0.2) is 60.2 Å². The number of carbonyl (C=O) groups is 3. The standard InChI is InChI=1S/C20H23ClN2O5S/c1-3-28-16-9-13(14(21)11-15(16)27-2)10-17-19(25)23(20(26)29-17)12-18(24)22-7-5-4-6-8-22/h9-11H,3-8,12H2,1-2H3. The number of nitrogens with zero attached hydrogens (tertiary/aromatic N) is 2. The molecule has 3 amide bonds. The number of benzene rings is 1. The van der Waals surface area contributed by atoms with E-state index in [0.717, 1.165) is 35.9 Å². The second-order valence-corrected chi connectivity index (χ2v) is 8.07. The Hall–Kier alpha value is -2.19. The fourth-order valence-corrected chi connectivity index (χ4v) is 4.28. The fraction of sp³-hybridized carbons (Fsp3) is 0.450. The largest absolute Gasteiger partial charge is 0.493 e. The van der Waals surface area contributed by atoms with Crippen molar-refractivity contribution < 1.29 is 23.9 Å². The quantitative estimate of drug-likeness (QED) is 0.629. The minimum Gasteiger partial charge on any atom is -0.493 e. The molecule has 9 heteroatoms. The number of halogens is 1. The van der Waals surface area contributed by atoms with E-state index >= 15 is 0 Å². The number of thioether (sulfide) groups is 1. The zero-order valence-electron chi connectivity index (χ0n) is 16.4. The molecule has 2 aliphatic rings. The molecule has 156 valence electrons. The Morgan fingerprint density at radius 1 is 1.21 bits per heavy atom. The van der Waals surface area contributed by atoms with Gasteiger partial charge in [0.15, 0.2) is 11.5 Å². The molecular weight excluding hydrogens is 416 g/mol. The topological polar surface area (TPSA) is 76.2 Å². The molecule has 2 saturated heterocycles. The Labute approximate surface area is 178 Å². The van der Waals surface area contributed by atoms with Gasteiger partial charge < -0.3 is 14.4 Å². The Morgan fingerprint density at radius 3 is 2.59 bits per heavy atom. The van der Waals surface area contributed by atoms with E-state index in [0.29, 0.717) is 41.8 Å². The van der Waals surface area contributed by atoms with Gasteiger partial charge in [0, 0.05) is 19.2 Å². The predicted molar refractivity (Wildman–Crippen MR) is 112 cm³/mol. The van der Waals surface area contributed by atoms with Crippen molar-refractivity contribution in [3.05, 3.63) is 27.6 Å². The van der Waals surface area contributed by atoms with Crippen molar-refractivity contribution in [3.63, 3.8) is 0 Å². The molecule has 0 aromatic heterocycles. The molecular formula is C20H23ClN2O5S. The normalized spacial score (nSPS) is 18.5. The number of hydrogen-bond donors (Lipinski definition) is 0. The fourth-order valence-electron chi connectivity index (χ4n) is 3.25. The summed E-state index contributed by atoms with van der Waals surface area (Å²) in [6, 6.07) is 3.26. The Balaban J connectivity index is 1.79. The summed E-state index contributed by atoms with van der Waals surface area (Å²) < 4.78 is 10.8. The molecule has 0 unspecified atom stereocenters. The van der Waals surface area contributed by atoms with Crippen LogP contribution in [0.3, 0.4) is 0 Å². The highest BCUT2D eigenvalue weighted by atomic mass is 35.5. The number of amides is 3. The van der Waals surface area contributed by atoms with E-state index in [9.17, 15) is 14.4 Å². The van der Waals surface area contributed by atoms with Gasteiger partial charge in [-0.1, -0.05) is 11.6 Å². The molecule has 0 N–H and O–H groups in total. The number of piperidine rings is 1. The molecule has 2 fully saturated rings. The minimum atomic E-state index is -0.491. The lowest BCUT2D eigenvalue weighted by molar-refractivity contribution is -0.136. The molecule has 3 rings (SSSR count). The van der Waals surface area contributed by atoms with E-state index in [1.165, 1.54) is 7.11 Å². The molecule has 1 aromatic rings. The Bertz CT molecular complexity index is 852. The van der Waals surface area contributed by atoms with Gasteiger partial charge in [0.1, 0.15) is 6.54 Å². The van der Waals surface area contributed by atoms with E-state index in [1.807, 2.05) is 6.92 Å². The first-order valence-corrected chi connectivity index (χ1v) is 10.7. The van der Waals surface area contributed by atoms with Crippen molar-refractivity contribution in [1.82, 2.24) is 9.80 Å². The summed E-state index contributed by atoms with van der Waals surface area (Å²) in [5.74, 6) is 0.281. The number of rotatable bonds is 6. The van der Waals surface area contributed by atoms with Crippen LogP contribution < -0.4 is 9.47 Å². The van der Waals surface area contributed by atoms with Crippen LogP contribution in [0.25, 0.3) is 6.08 Å². The van der Waals surface area contributed by atoms with Crippen LogP contribution in [0.2, 0.25) is 5.02 Å². The second-order valence-electron chi connectivity index (χ2n) is 6.67. The van der Waals surface area contributed by atoms with Crippen molar-refractivity contribution in [2.45, 2.75) is 26.2 Å². The van der Waals surface area contributed by atoms with E-state index in [4.69, 9.17) is 21.1 Å². The minimum absolute atomic E-state index is 0.200. The highest BCUT2D eigenvalue weighted by Gasteiger charge is 2.37. The van der Waals surface area contributed by atoms with E-state index < -0.39 is 11.1 Å². The van der Waals surface area contributed by atoms with Gasteiger partial charge in [0.2, 0.25) is 5.91 Å². The maximum Gasteiger partial charge on any atom is 0.294 e. The average Bonchev–Trinajstić information content (AvgIpc) is 2.98. The molecule has 0 spiro atoms. The smallest absolute Gasteiger partial charge is 0.294 e. The summed E-state index contributed by atoms with van der Waals surface area (Å²) >= 11 is 7.11. The number of imide groups is 1. The maximum atomic E-state index is 12.7. The summed E-state index contributed by atoms with van der Waals surface area (Å²) in [5, 5.41) is -0.0947. The number of hydrogen-bond acceptors (Lipinski definition) is 6. The van der Waals surface area contributed by atoms with Gasteiger partial charge in [-0.05, 0) is 55.7 Å². The molecule has 0 radical (unpaired) electrons. The first-order valence-electron chi connectivity index (χ1n) is 9.48. The highest BCUT2D eigenvalue weighted by Crippen LogP contribution is 2.37. The summed E-state index contributed by atoms with van der Waals surface area (Å²) in [6.07, 6.45) is 4.54. The van der Waals surface area contributed by atoms with Gasteiger partial charge in [-0.2, -0.15) is 0 Å². The Morgan fingerprint density at radius 2 is 1.93 bits per heavy atom. The van der Waals surface area contributed by atoms with Crippen LogP contribution in [0.4, 0.5) is 4.79 Å². The lowest BCUT2D eigenvalue weighted by Crippen LogP contribution is -2.44. The summed E-state index contributed by atoms with van der Waals surface area (Å²) in [5.41, 5.74) is 0.531. The van der Waals surface area contributed by atoms with Gasteiger partial charge in [0.05, 0.1) is 23.6 Å². The third-order valence-electron chi connectivity index (χ3n) is 4.75. The van der Waals surface area contributed by atoms with Crippen molar-refractivity contribution in [2.24, 2.45) is 0 Å². The van der Waals surface area contributed by atoms with Crippen molar-refractivity contribution in [2.75, 3.05) is 33.4 Å². The van der Waals surface area contributed by atoms with E-state index in [2.05, 4.69) is 0 Å². The zero-order valence-corrected chi connectivity index (χ0v) is 18.0. The van der Waals surface area contributed by atoms with Crippen molar-refractivity contribution in [3.8, 4) is 11.5 Å². The molecule has 2 heterocycles. The number of carbonyl (C=O) groups excluding carboxylic acids is 3. The van der Waals surface area contributed by atoms with Crippen LogP contribution in [-0.2, 0) is 9.59 Å². The van der Waals surface area contributed by atoms with Gasteiger partial charge in [0.25, 0.3) is 11.1 Å². The monoisotopic (exact) mass is 438 g/mol. The number of likely N-dealkylation sites (tertiary alicyclic amines) is 1. The molecule has 0 bridgehead atoms. The number of ether oxygens (including phenoxy) is 2. The summed E-state index contributed by atoms with van der Waals surface area (Å²) in [6.45, 7) is 3.40. The summed E-state index contributed by atoms with van der Waals surface area (Å²) in [7, 11) is 1.51. The third kappa shape index (κ3) is 4.87. The SMILES string of the molecule is CCOc1cc(C=C2SC(=O)N(CC(=O)N3CCCCC3)C2=O)c(Cl)cc1OC. The predicted octanol–water partition coefficient (Wildman–Crippen LogP) is 3.80. The van der Waals surface area contributed by atoms with Crippen LogP contribution in [0.15, 0.2) is 17.0 Å². The van der Waals surface area contributed by atoms with Crippen molar-refractivity contribution in [1.29, 1.82) is 0 Å². The first-order chi connectivity index (χ1) is 13.9. The van der Waals surface area contributed by atoms with Crippen LogP contribution in [0.1, 0.15) is 31.7 Å². The van der Waals surface area contributed by atoms with Gasteiger partial charge >= 0.3 is 0 Å². The zero-order chi connectivity index (χ0) is 21.0. The first kappa shape index (κ1) is 21.5. The van der Waals surface area contributed by atoms with Crippen LogP contribution >= 0.6 is 23.4 Å². The lowest BCUT2D eigenvalue weighted by atomic mass is 10.1. The summed E-state index contributed by atoms with van der Waals surface area (Å²) in [4.78, 5) is 40.4. The van der Waals surface area contributed by atoms with E-state index in [-0.39, 0.29) is 17.4 Å². The van der Waals surface area contributed by atoms with E-state index in [1.54, 1.807) is 23.1 Å². The Kier molecular flexibility index (Phi) is 7.08. The second kappa shape index (κ2) is 9.54. The van der Waals surface area contributed by atoms with Crippen LogP contribution in [0, 0.1) is 0 Å². The molecule has 29 heavy (non-hydrogen) atoms.